The summed E-state index contributed by atoms with van der Waals surface area (Å²) >= 11 is 8.05. The van der Waals surface area contributed by atoms with Gasteiger partial charge in [-0.2, -0.15) is 0 Å². The minimum atomic E-state index is -0.421. The normalized spacial score (nSPS) is 10.3. The Labute approximate surface area is 118 Å². The average Bonchev–Trinajstić information content (AvgIpc) is 2.33. The molecule has 2 aromatic carbocycles. The molecule has 0 bridgehead atoms. The summed E-state index contributed by atoms with van der Waals surface area (Å²) in [4.78, 5) is 0. The van der Waals surface area contributed by atoms with Crippen molar-refractivity contribution in [3.05, 3.63) is 62.4 Å². The second kappa shape index (κ2) is 5.69. The molecular formula is C13H9ClFIO. The minimum absolute atomic E-state index is 0.123. The molecule has 2 aromatic rings. The van der Waals surface area contributed by atoms with Crippen LogP contribution in [0.3, 0.4) is 0 Å². The van der Waals surface area contributed by atoms with Gasteiger partial charge >= 0.3 is 0 Å². The predicted octanol–water partition coefficient (Wildman–Crippen LogP) is 4.66. The molecule has 0 spiro atoms. The number of hydrogen-bond acceptors (Lipinski definition) is 1. The summed E-state index contributed by atoms with van der Waals surface area (Å²) in [7, 11) is 0. The first-order valence-corrected chi connectivity index (χ1v) is 6.44. The second-order valence-corrected chi connectivity index (χ2v) is 5.08. The van der Waals surface area contributed by atoms with Crippen LogP contribution in [0.4, 0.5) is 4.39 Å². The molecule has 0 aromatic heterocycles. The Hall–Kier alpha value is -0.810. The van der Waals surface area contributed by atoms with Gasteiger partial charge in [0.05, 0.1) is 5.02 Å². The third-order valence-electron chi connectivity index (χ3n) is 2.24. The number of benzene rings is 2. The van der Waals surface area contributed by atoms with Crippen LogP contribution in [0.5, 0.6) is 5.75 Å². The molecule has 17 heavy (non-hydrogen) atoms. The van der Waals surface area contributed by atoms with E-state index in [0.717, 1.165) is 9.32 Å². The van der Waals surface area contributed by atoms with E-state index < -0.39 is 5.82 Å². The lowest BCUT2D eigenvalue weighted by Gasteiger charge is -2.08. The zero-order chi connectivity index (χ0) is 12.3. The van der Waals surface area contributed by atoms with Gasteiger partial charge in [-0.05, 0) is 52.9 Å². The highest BCUT2D eigenvalue weighted by Gasteiger charge is 2.05. The van der Waals surface area contributed by atoms with Gasteiger partial charge in [0, 0.05) is 9.13 Å². The van der Waals surface area contributed by atoms with Crippen LogP contribution in [-0.4, -0.2) is 0 Å². The fourth-order valence-corrected chi connectivity index (χ4v) is 1.89. The molecule has 0 aliphatic carbocycles. The summed E-state index contributed by atoms with van der Waals surface area (Å²) in [5.41, 5.74) is 0.644. The molecule has 0 saturated carbocycles. The Morgan fingerprint density at radius 2 is 1.82 bits per heavy atom. The SMILES string of the molecule is Fc1cccc(COc2ccc(I)cc2)c1Cl. The second-order valence-electron chi connectivity index (χ2n) is 3.46. The van der Waals surface area contributed by atoms with Crippen molar-refractivity contribution in [2.24, 2.45) is 0 Å². The van der Waals surface area contributed by atoms with Gasteiger partial charge in [-0.25, -0.2) is 4.39 Å². The van der Waals surface area contributed by atoms with Crippen LogP contribution in [0.15, 0.2) is 42.5 Å². The molecule has 0 amide bonds. The first-order valence-electron chi connectivity index (χ1n) is 4.98. The van der Waals surface area contributed by atoms with Crippen LogP contribution >= 0.6 is 34.2 Å². The van der Waals surface area contributed by atoms with Gasteiger partial charge in [-0.1, -0.05) is 23.7 Å². The fraction of sp³-hybridized carbons (Fsp3) is 0.0769. The molecule has 88 valence electrons. The van der Waals surface area contributed by atoms with Crippen LogP contribution < -0.4 is 4.74 Å². The first-order chi connectivity index (χ1) is 8.16. The molecule has 0 radical (unpaired) electrons. The lowest BCUT2D eigenvalue weighted by molar-refractivity contribution is 0.305. The van der Waals surface area contributed by atoms with Gasteiger partial charge in [0.1, 0.15) is 18.2 Å². The molecule has 4 heteroatoms. The molecule has 2 rings (SSSR count). The van der Waals surface area contributed by atoms with Gasteiger partial charge in [0.25, 0.3) is 0 Å². The summed E-state index contributed by atoms with van der Waals surface area (Å²) in [5.74, 6) is 0.320. The van der Waals surface area contributed by atoms with Gasteiger partial charge in [-0.15, -0.1) is 0 Å². The van der Waals surface area contributed by atoms with Crippen LogP contribution in [0.2, 0.25) is 5.02 Å². The van der Waals surface area contributed by atoms with Crippen molar-refractivity contribution in [1.82, 2.24) is 0 Å². The zero-order valence-electron chi connectivity index (χ0n) is 8.79. The van der Waals surface area contributed by atoms with E-state index in [2.05, 4.69) is 22.6 Å². The molecule has 0 fully saturated rings. The standard InChI is InChI=1S/C13H9ClFIO/c14-13-9(2-1-3-12(13)15)8-17-11-6-4-10(16)5-7-11/h1-7H,8H2. The van der Waals surface area contributed by atoms with Crippen LogP contribution in [-0.2, 0) is 6.61 Å². The minimum Gasteiger partial charge on any atom is -0.489 e. The van der Waals surface area contributed by atoms with Crippen LogP contribution in [0.25, 0.3) is 0 Å². The molecule has 0 aliphatic heterocycles. The predicted molar refractivity (Wildman–Crippen MR) is 74.9 cm³/mol. The highest BCUT2D eigenvalue weighted by Crippen LogP contribution is 2.22. The lowest BCUT2D eigenvalue weighted by Crippen LogP contribution is -1.97. The van der Waals surface area contributed by atoms with Gasteiger partial charge in [-0.3, -0.25) is 0 Å². The summed E-state index contributed by atoms with van der Waals surface area (Å²) in [6.45, 7) is 0.261. The van der Waals surface area contributed by atoms with E-state index in [1.807, 2.05) is 24.3 Å². The Balaban J connectivity index is 2.07. The van der Waals surface area contributed by atoms with E-state index in [1.54, 1.807) is 12.1 Å². The molecular weight excluding hydrogens is 353 g/mol. The highest BCUT2D eigenvalue weighted by atomic mass is 127. The van der Waals surface area contributed by atoms with Crippen molar-refractivity contribution in [3.63, 3.8) is 0 Å². The summed E-state index contributed by atoms with van der Waals surface area (Å²) in [6, 6.07) is 12.3. The van der Waals surface area contributed by atoms with Crippen molar-refractivity contribution in [2.75, 3.05) is 0 Å². The maximum Gasteiger partial charge on any atom is 0.142 e. The van der Waals surface area contributed by atoms with Crippen LogP contribution in [0.1, 0.15) is 5.56 Å². The van der Waals surface area contributed by atoms with E-state index in [-0.39, 0.29) is 11.6 Å². The van der Waals surface area contributed by atoms with E-state index >= 15 is 0 Å². The fourth-order valence-electron chi connectivity index (χ4n) is 1.35. The van der Waals surface area contributed by atoms with Gasteiger partial charge < -0.3 is 4.74 Å². The molecule has 1 nitrogen and oxygen atoms in total. The molecule has 0 saturated heterocycles. The van der Waals surface area contributed by atoms with E-state index in [4.69, 9.17) is 16.3 Å². The van der Waals surface area contributed by atoms with Crippen molar-refractivity contribution in [3.8, 4) is 5.75 Å². The number of hydrogen-bond donors (Lipinski definition) is 0. The molecule has 0 heterocycles. The van der Waals surface area contributed by atoms with E-state index in [0.29, 0.717) is 5.56 Å². The topological polar surface area (TPSA) is 9.23 Å². The van der Waals surface area contributed by atoms with Crippen molar-refractivity contribution in [1.29, 1.82) is 0 Å². The Bertz CT molecular complexity index is 513. The Morgan fingerprint density at radius 1 is 1.12 bits per heavy atom. The first kappa shape index (κ1) is 12.6. The van der Waals surface area contributed by atoms with Crippen molar-refractivity contribution < 1.29 is 9.13 Å². The molecule has 0 atom stereocenters. The summed E-state index contributed by atoms with van der Waals surface area (Å²) in [6.07, 6.45) is 0. The van der Waals surface area contributed by atoms with E-state index in [9.17, 15) is 4.39 Å². The summed E-state index contributed by atoms with van der Waals surface area (Å²) < 4.78 is 19.8. The Kier molecular flexibility index (Phi) is 4.23. The Morgan fingerprint density at radius 3 is 2.53 bits per heavy atom. The largest absolute Gasteiger partial charge is 0.489 e. The monoisotopic (exact) mass is 362 g/mol. The zero-order valence-corrected chi connectivity index (χ0v) is 11.7. The average molecular weight is 363 g/mol. The lowest BCUT2D eigenvalue weighted by atomic mass is 10.2. The quantitative estimate of drug-likeness (QED) is 0.722. The van der Waals surface area contributed by atoms with Gasteiger partial charge in [0.15, 0.2) is 0 Å². The highest BCUT2D eigenvalue weighted by molar-refractivity contribution is 14.1. The molecule has 0 N–H and O–H groups in total. The molecule has 0 unspecified atom stereocenters. The number of halogens is 3. The van der Waals surface area contributed by atoms with Gasteiger partial charge in [0.2, 0.25) is 0 Å². The number of ether oxygens (including phenoxy) is 1. The maximum absolute atomic E-state index is 13.2. The van der Waals surface area contributed by atoms with Crippen LogP contribution in [0, 0.1) is 9.39 Å². The summed E-state index contributed by atoms with van der Waals surface area (Å²) in [5, 5.41) is 0.123. The third kappa shape index (κ3) is 3.33. The molecule has 0 aliphatic rings. The smallest absolute Gasteiger partial charge is 0.142 e. The van der Waals surface area contributed by atoms with Crippen molar-refractivity contribution in [2.45, 2.75) is 6.61 Å². The number of rotatable bonds is 3. The third-order valence-corrected chi connectivity index (χ3v) is 3.38. The maximum atomic E-state index is 13.2. The van der Waals surface area contributed by atoms with E-state index in [1.165, 1.54) is 6.07 Å². The van der Waals surface area contributed by atoms with Crippen molar-refractivity contribution >= 4 is 34.2 Å².